The van der Waals surface area contributed by atoms with Crippen molar-refractivity contribution in [3.63, 3.8) is 0 Å². The molecule has 0 saturated heterocycles. The first-order valence-corrected chi connectivity index (χ1v) is 7.85. The molecule has 6 nitrogen and oxygen atoms in total. The molecule has 0 radical (unpaired) electrons. The molecule has 0 spiro atoms. The van der Waals surface area contributed by atoms with Gasteiger partial charge in [0.15, 0.2) is 0 Å². The summed E-state index contributed by atoms with van der Waals surface area (Å²) in [5, 5.41) is 15.0. The lowest BCUT2D eigenvalue weighted by Gasteiger charge is -2.27. The summed E-state index contributed by atoms with van der Waals surface area (Å²) in [6.07, 6.45) is 1.96. The molecular weight excluding hydrogens is 280 g/mol. The predicted octanol–water partition coefficient (Wildman–Crippen LogP) is 1.03. The summed E-state index contributed by atoms with van der Waals surface area (Å²) in [6.45, 7) is 10.3. The summed E-state index contributed by atoms with van der Waals surface area (Å²) in [5.74, 6) is -0.0607. The SMILES string of the molecule is CCN(CC(=O)NC(C)(C)C)CC(=O)N[C@](C)(C#N)C1CC1. The molecule has 1 aliphatic carbocycles. The fourth-order valence-electron chi connectivity index (χ4n) is 2.35. The third kappa shape index (κ3) is 6.02. The first kappa shape index (κ1) is 18.4. The summed E-state index contributed by atoms with van der Waals surface area (Å²) in [6, 6.07) is 2.20. The van der Waals surface area contributed by atoms with Crippen molar-refractivity contribution in [3.8, 4) is 6.07 Å². The lowest BCUT2D eigenvalue weighted by atomic mass is 9.98. The number of nitrogens with zero attached hydrogens (tertiary/aromatic N) is 2. The van der Waals surface area contributed by atoms with Gasteiger partial charge in [-0.2, -0.15) is 5.26 Å². The minimum Gasteiger partial charge on any atom is -0.350 e. The van der Waals surface area contributed by atoms with Crippen LogP contribution >= 0.6 is 0 Å². The number of nitriles is 1. The molecule has 2 N–H and O–H groups in total. The largest absolute Gasteiger partial charge is 0.350 e. The third-order valence-electron chi connectivity index (χ3n) is 3.72. The minimum absolute atomic E-state index is 0.104. The van der Waals surface area contributed by atoms with E-state index in [0.717, 1.165) is 12.8 Å². The van der Waals surface area contributed by atoms with E-state index in [1.165, 1.54) is 0 Å². The highest BCUT2D eigenvalue weighted by Gasteiger charge is 2.43. The molecule has 0 aromatic carbocycles. The summed E-state index contributed by atoms with van der Waals surface area (Å²) < 4.78 is 0. The van der Waals surface area contributed by atoms with Gasteiger partial charge in [0.2, 0.25) is 11.8 Å². The van der Waals surface area contributed by atoms with E-state index < -0.39 is 5.54 Å². The summed E-state index contributed by atoms with van der Waals surface area (Å²) in [4.78, 5) is 25.8. The number of nitrogens with one attached hydrogen (secondary N) is 2. The quantitative estimate of drug-likeness (QED) is 0.735. The second-order valence-electron chi connectivity index (χ2n) is 7.24. The highest BCUT2D eigenvalue weighted by Crippen LogP contribution is 2.39. The van der Waals surface area contributed by atoms with E-state index >= 15 is 0 Å². The number of hydrogen-bond donors (Lipinski definition) is 2. The van der Waals surface area contributed by atoms with Crippen LogP contribution in [0.4, 0.5) is 0 Å². The van der Waals surface area contributed by atoms with Gasteiger partial charge in [0, 0.05) is 5.54 Å². The second kappa shape index (κ2) is 7.10. The molecule has 0 aliphatic heterocycles. The van der Waals surface area contributed by atoms with Gasteiger partial charge in [-0.1, -0.05) is 6.92 Å². The smallest absolute Gasteiger partial charge is 0.235 e. The van der Waals surface area contributed by atoms with Gasteiger partial charge < -0.3 is 10.6 Å². The van der Waals surface area contributed by atoms with Crippen LogP contribution in [0.15, 0.2) is 0 Å². The van der Waals surface area contributed by atoms with Crippen LogP contribution in [0.2, 0.25) is 0 Å². The lowest BCUT2D eigenvalue weighted by Crippen LogP contribution is -2.52. The van der Waals surface area contributed by atoms with Crippen molar-refractivity contribution in [3.05, 3.63) is 0 Å². The van der Waals surface area contributed by atoms with Gasteiger partial charge in [-0.05, 0) is 53.0 Å². The highest BCUT2D eigenvalue weighted by atomic mass is 16.2. The van der Waals surface area contributed by atoms with Crippen LogP contribution in [0.1, 0.15) is 47.5 Å². The molecule has 0 bridgehead atoms. The Kier molecular flexibility index (Phi) is 5.95. The average Bonchev–Trinajstić information content (AvgIpc) is 3.19. The first-order chi connectivity index (χ1) is 10.1. The van der Waals surface area contributed by atoms with Gasteiger partial charge in [0.25, 0.3) is 0 Å². The second-order valence-corrected chi connectivity index (χ2v) is 7.24. The van der Waals surface area contributed by atoms with Crippen molar-refractivity contribution >= 4 is 11.8 Å². The number of amides is 2. The molecule has 1 aliphatic rings. The summed E-state index contributed by atoms with van der Waals surface area (Å²) in [7, 11) is 0. The number of hydrogen-bond acceptors (Lipinski definition) is 4. The Morgan fingerprint density at radius 1 is 1.14 bits per heavy atom. The average molecular weight is 308 g/mol. The maximum absolute atomic E-state index is 12.2. The molecule has 124 valence electrons. The number of likely N-dealkylation sites (N-methyl/N-ethyl adjacent to an activating group) is 1. The molecule has 0 unspecified atom stereocenters. The molecule has 1 saturated carbocycles. The van der Waals surface area contributed by atoms with Crippen LogP contribution < -0.4 is 10.6 Å². The minimum atomic E-state index is -0.788. The van der Waals surface area contributed by atoms with Crippen LogP contribution in [-0.4, -0.2) is 47.4 Å². The summed E-state index contributed by atoms with van der Waals surface area (Å²) >= 11 is 0. The van der Waals surface area contributed by atoms with Gasteiger partial charge in [-0.25, -0.2) is 0 Å². The zero-order valence-electron chi connectivity index (χ0n) is 14.3. The van der Waals surface area contributed by atoms with Gasteiger partial charge in [0.05, 0.1) is 19.2 Å². The normalized spacial score (nSPS) is 17.5. The van der Waals surface area contributed by atoms with Crippen LogP contribution in [-0.2, 0) is 9.59 Å². The molecule has 0 aromatic heterocycles. The van der Waals surface area contributed by atoms with Crippen molar-refractivity contribution in [2.45, 2.75) is 58.5 Å². The van der Waals surface area contributed by atoms with E-state index in [9.17, 15) is 14.9 Å². The van der Waals surface area contributed by atoms with Gasteiger partial charge in [0.1, 0.15) is 5.54 Å². The molecule has 1 atom stereocenters. The first-order valence-electron chi connectivity index (χ1n) is 7.85. The maximum Gasteiger partial charge on any atom is 0.235 e. The topological polar surface area (TPSA) is 85.2 Å². The lowest BCUT2D eigenvalue weighted by molar-refractivity contribution is -0.126. The zero-order chi connectivity index (χ0) is 17.0. The molecule has 0 aromatic rings. The van der Waals surface area contributed by atoms with Crippen molar-refractivity contribution in [1.82, 2.24) is 15.5 Å². The maximum atomic E-state index is 12.2. The van der Waals surface area contributed by atoms with E-state index in [0.29, 0.717) is 6.54 Å². The fraction of sp³-hybridized carbons (Fsp3) is 0.812. The molecular formula is C16H28N4O2. The molecule has 1 rings (SSSR count). The Balaban J connectivity index is 2.50. The van der Waals surface area contributed by atoms with Crippen molar-refractivity contribution in [2.24, 2.45) is 5.92 Å². The molecule has 2 amide bonds. The standard InChI is InChI=1S/C16H28N4O2/c1-6-20(9-13(21)18-15(2,3)4)10-14(22)19-16(5,11-17)12-7-8-12/h12H,6-10H2,1-5H3,(H,18,21)(H,19,22)/t16-/m1/s1. The van der Waals surface area contributed by atoms with Crippen molar-refractivity contribution in [2.75, 3.05) is 19.6 Å². The van der Waals surface area contributed by atoms with Crippen LogP contribution in [0, 0.1) is 17.2 Å². The Morgan fingerprint density at radius 2 is 1.64 bits per heavy atom. The van der Waals surface area contributed by atoms with E-state index in [1.54, 1.807) is 11.8 Å². The molecule has 1 fully saturated rings. The Morgan fingerprint density at radius 3 is 2.00 bits per heavy atom. The molecule has 6 heteroatoms. The van der Waals surface area contributed by atoms with Gasteiger partial charge >= 0.3 is 0 Å². The molecule has 0 heterocycles. The van der Waals surface area contributed by atoms with Gasteiger partial charge in [-0.3, -0.25) is 14.5 Å². The van der Waals surface area contributed by atoms with E-state index in [1.807, 2.05) is 27.7 Å². The Bertz CT molecular complexity index is 460. The van der Waals surface area contributed by atoms with Crippen molar-refractivity contribution in [1.29, 1.82) is 5.26 Å². The van der Waals surface area contributed by atoms with Crippen LogP contribution in [0.5, 0.6) is 0 Å². The van der Waals surface area contributed by atoms with Crippen LogP contribution in [0.3, 0.4) is 0 Å². The van der Waals surface area contributed by atoms with E-state index in [-0.39, 0.29) is 36.4 Å². The predicted molar refractivity (Wildman–Crippen MR) is 84.9 cm³/mol. The van der Waals surface area contributed by atoms with E-state index in [2.05, 4.69) is 16.7 Å². The molecule has 22 heavy (non-hydrogen) atoms. The number of carbonyl (C=O) groups excluding carboxylic acids is 2. The third-order valence-corrected chi connectivity index (χ3v) is 3.72. The fourth-order valence-corrected chi connectivity index (χ4v) is 2.35. The monoisotopic (exact) mass is 308 g/mol. The zero-order valence-corrected chi connectivity index (χ0v) is 14.3. The number of carbonyl (C=O) groups is 2. The van der Waals surface area contributed by atoms with Gasteiger partial charge in [-0.15, -0.1) is 0 Å². The Hall–Kier alpha value is -1.61. The highest BCUT2D eigenvalue weighted by molar-refractivity contribution is 5.82. The van der Waals surface area contributed by atoms with E-state index in [4.69, 9.17) is 0 Å². The summed E-state index contributed by atoms with van der Waals surface area (Å²) in [5.41, 5.74) is -1.08. The number of rotatable bonds is 7. The van der Waals surface area contributed by atoms with Crippen LogP contribution in [0.25, 0.3) is 0 Å². The Labute approximate surface area is 133 Å². The van der Waals surface area contributed by atoms with Crippen molar-refractivity contribution < 1.29 is 9.59 Å².